The van der Waals surface area contributed by atoms with Gasteiger partial charge in [0.1, 0.15) is 6.33 Å². The number of nitrogens with zero attached hydrogens (tertiary/aromatic N) is 3. The molecule has 0 aromatic carbocycles. The maximum Gasteiger partial charge on any atom is 0.254 e. The van der Waals surface area contributed by atoms with Gasteiger partial charge in [0, 0.05) is 25.0 Å². The molecule has 0 saturated carbocycles. The number of likely N-dealkylation sites (tertiary alicyclic amines) is 1. The second kappa shape index (κ2) is 5.03. The predicted molar refractivity (Wildman–Crippen MR) is 60.0 cm³/mol. The van der Waals surface area contributed by atoms with Gasteiger partial charge in [0.2, 0.25) is 0 Å². The van der Waals surface area contributed by atoms with Crippen LogP contribution in [0.4, 0.5) is 0 Å². The van der Waals surface area contributed by atoms with Gasteiger partial charge in [-0.05, 0) is 26.4 Å². The van der Waals surface area contributed by atoms with Gasteiger partial charge in [-0.15, -0.1) is 0 Å². The molecule has 1 aromatic heterocycles. The Bertz CT molecular complexity index is 354. The van der Waals surface area contributed by atoms with Gasteiger partial charge in [0.15, 0.2) is 0 Å². The van der Waals surface area contributed by atoms with Crippen LogP contribution in [0.15, 0.2) is 18.7 Å². The predicted octanol–water partition coefficient (Wildman–Crippen LogP) is 0.301. The number of carbonyl (C=O) groups is 1. The van der Waals surface area contributed by atoms with Crippen molar-refractivity contribution < 1.29 is 4.79 Å². The zero-order valence-corrected chi connectivity index (χ0v) is 9.39. The highest BCUT2D eigenvalue weighted by atomic mass is 16.1. The second-order valence-electron chi connectivity index (χ2n) is 4.20. The molecule has 1 saturated heterocycles. The van der Waals surface area contributed by atoms with Crippen LogP contribution in [0.5, 0.6) is 0 Å². The lowest BCUT2D eigenvalue weighted by molar-refractivity contribution is 0.0912. The third-order valence-corrected chi connectivity index (χ3v) is 2.78. The maximum absolute atomic E-state index is 11.8. The first-order chi connectivity index (χ1) is 7.75. The van der Waals surface area contributed by atoms with Crippen molar-refractivity contribution in [2.45, 2.75) is 18.9 Å². The molecular formula is C11H16N4O. The number of amides is 1. The summed E-state index contributed by atoms with van der Waals surface area (Å²) in [6.07, 6.45) is 6.67. The zero-order chi connectivity index (χ0) is 11.4. The van der Waals surface area contributed by atoms with E-state index in [1.165, 1.54) is 18.7 Å². The van der Waals surface area contributed by atoms with E-state index < -0.39 is 0 Å². The monoisotopic (exact) mass is 220 g/mol. The first-order valence-electron chi connectivity index (χ1n) is 5.50. The SMILES string of the molecule is CN1CCC[C@@H](NC(=O)c2cncnc2)C1. The van der Waals surface area contributed by atoms with Crippen LogP contribution in [0.25, 0.3) is 0 Å². The summed E-state index contributed by atoms with van der Waals surface area (Å²) in [6.45, 7) is 2.03. The fourth-order valence-corrected chi connectivity index (χ4v) is 1.97. The van der Waals surface area contributed by atoms with Gasteiger partial charge in [-0.3, -0.25) is 4.79 Å². The number of rotatable bonds is 2. The van der Waals surface area contributed by atoms with E-state index in [9.17, 15) is 4.79 Å². The smallest absolute Gasteiger partial charge is 0.254 e. The Morgan fingerprint density at radius 1 is 1.50 bits per heavy atom. The van der Waals surface area contributed by atoms with Crippen LogP contribution in [0.3, 0.4) is 0 Å². The van der Waals surface area contributed by atoms with Gasteiger partial charge < -0.3 is 10.2 Å². The largest absolute Gasteiger partial charge is 0.348 e. The molecule has 86 valence electrons. The number of carbonyl (C=O) groups excluding carboxylic acids is 1. The van der Waals surface area contributed by atoms with E-state index in [0.29, 0.717) is 5.56 Å². The molecule has 1 aliphatic rings. The summed E-state index contributed by atoms with van der Waals surface area (Å²) < 4.78 is 0. The summed E-state index contributed by atoms with van der Waals surface area (Å²) in [5.74, 6) is -0.0825. The standard InChI is InChI=1S/C11H16N4O/c1-15-4-2-3-10(7-15)14-11(16)9-5-12-8-13-6-9/h5-6,8,10H,2-4,7H2,1H3,(H,14,16)/t10-/m1/s1. The van der Waals surface area contributed by atoms with E-state index in [-0.39, 0.29) is 11.9 Å². The molecule has 1 aliphatic heterocycles. The van der Waals surface area contributed by atoms with E-state index in [4.69, 9.17) is 0 Å². The minimum Gasteiger partial charge on any atom is -0.348 e. The Morgan fingerprint density at radius 3 is 2.94 bits per heavy atom. The number of hydrogen-bond acceptors (Lipinski definition) is 4. The van der Waals surface area contributed by atoms with Crippen molar-refractivity contribution >= 4 is 5.91 Å². The molecule has 0 unspecified atom stereocenters. The topological polar surface area (TPSA) is 58.1 Å². The first-order valence-corrected chi connectivity index (χ1v) is 5.50. The van der Waals surface area contributed by atoms with Crippen LogP contribution in [0.1, 0.15) is 23.2 Å². The molecule has 1 atom stereocenters. The van der Waals surface area contributed by atoms with Gasteiger partial charge in [0.25, 0.3) is 5.91 Å². The lowest BCUT2D eigenvalue weighted by Crippen LogP contribution is -2.46. The fourth-order valence-electron chi connectivity index (χ4n) is 1.97. The molecule has 0 bridgehead atoms. The first kappa shape index (κ1) is 11.0. The summed E-state index contributed by atoms with van der Waals surface area (Å²) >= 11 is 0. The maximum atomic E-state index is 11.8. The summed E-state index contributed by atoms with van der Waals surface area (Å²) in [7, 11) is 2.07. The van der Waals surface area contributed by atoms with Crippen molar-refractivity contribution in [2.24, 2.45) is 0 Å². The van der Waals surface area contributed by atoms with E-state index in [2.05, 4.69) is 27.2 Å². The molecule has 1 N–H and O–H groups in total. The van der Waals surface area contributed by atoms with Crippen molar-refractivity contribution in [1.82, 2.24) is 20.2 Å². The Balaban J connectivity index is 1.92. The highest BCUT2D eigenvalue weighted by Crippen LogP contribution is 2.08. The number of likely N-dealkylation sites (N-methyl/N-ethyl adjacent to an activating group) is 1. The van der Waals surface area contributed by atoms with Gasteiger partial charge >= 0.3 is 0 Å². The molecule has 1 amide bonds. The number of nitrogens with one attached hydrogen (secondary N) is 1. The van der Waals surface area contributed by atoms with Crippen LogP contribution in [0.2, 0.25) is 0 Å². The summed E-state index contributed by atoms with van der Waals surface area (Å²) in [4.78, 5) is 21.7. The Hall–Kier alpha value is -1.49. The zero-order valence-electron chi connectivity index (χ0n) is 9.39. The molecular weight excluding hydrogens is 204 g/mol. The van der Waals surface area contributed by atoms with Crippen molar-refractivity contribution in [2.75, 3.05) is 20.1 Å². The van der Waals surface area contributed by atoms with E-state index >= 15 is 0 Å². The molecule has 5 nitrogen and oxygen atoms in total. The van der Waals surface area contributed by atoms with Gasteiger partial charge in [-0.1, -0.05) is 0 Å². The molecule has 1 fully saturated rings. The van der Waals surface area contributed by atoms with Gasteiger partial charge in [-0.25, -0.2) is 9.97 Å². The van der Waals surface area contributed by atoms with Crippen LogP contribution >= 0.6 is 0 Å². The van der Waals surface area contributed by atoms with Crippen molar-refractivity contribution in [1.29, 1.82) is 0 Å². The quantitative estimate of drug-likeness (QED) is 0.779. The average Bonchev–Trinajstić information content (AvgIpc) is 2.30. The molecule has 0 spiro atoms. The van der Waals surface area contributed by atoms with Crippen LogP contribution in [-0.2, 0) is 0 Å². The molecule has 16 heavy (non-hydrogen) atoms. The third kappa shape index (κ3) is 2.76. The number of aromatic nitrogens is 2. The second-order valence-corrected chi connectivity index (χ2v) is 4.20. The Morgan fingerprint density at radius 2 is 2.25 bits per heavy atom. The van der Waals surface area contributed by atoms with Crippen LogP contribution in [-0.4, -0.2) is 47.0 Å². The lowest BCUT2D eigenvalue weighted by Gasteiger charge is -2.30. The van der Waals surface area contributed by atoms with Crippen molar-refractivity contribution in [3.63, 3.8) is 0 Å². The van der Waals surface area contributed by atoms with Crippen molar-refractivity contribution in [3.05, 3.63) is 24.3 Å². The average molecular weight is 220 g/mol. The van der Waals surface area contributed by atoms with Gasteiger partial charge in [0.05, 0.1) is 5.56 Å². The van der Waals surface area contributed by atoms with Crippen molar-refractivity contribution in [3.8, 4) is 0 Å². The highest BCUT2D eigenvalue weighted by molar-refractivity contribution is 5.93. The van der Waals surface area contributed by atoms with Crippen LogP contribution < -0.4 is 5.32 Å². The minimum absolute atomic E-state index is 0.0825. The van der Waals surface area contributed by atoms with Gasteiger partial charge in [-0.2, -0.15) is 0 Å². The summed E-state index contributed by atoms with van der Waals surface area (Å²) in [5, 5.41) is 3.00. The minimum atomic E-state index is -0.0825. The van der Waals surface area contributed by atoms with E-state index in [0.717, 1.165) is 25.9 Å². The molecule has 2 heterocycles. The van der Waals surface area contributed by atoms with E-state index in [1.807, 2.05) is 0 Å². The number of hydrogen-bond donors (Lipinski definition) is 1. The third-order valence-electron chi connectivity index (χ3n) is 2.78. The molecule has 2 rings (SSSR count). The summed E-state index contributed by atoms with van der Waals surface area (Å²) in [5.41, 5.74) is 0.524. The number of piperidine rings is 1. The molecule has 0 radical (unpaired) electrons. The Kier molecular flexibility index (Phi) is 3.46. The Labute approximate surface area is 94.9 Å². The molecule has 1 aromatic rings. The summed E-state index contributed by atoms with van der Waals surface area (Å²) in [6, 6.07) is 0.242. The lowest BCUT2D eigenvalue weighted by atomic mass is 10.1. The molecule has 0 aliphatic carbocycles. The highest BCUT2D eigenvalue weighted by Gasteiger charge is 2.19. The molecule has 5 heteroatoms. The van der Waals surface area contributed by atoms with Crippen LogP contribution in [0, 0.1) is 0 Å². The fraction of sp³-hybridized carbons (Fsp3) is 0.545. The van der Waals surface area contributed by atoms with E-state index in [1.54, 1.807) is 0 Å². The normalized spacial score (nSPS) is 21.7.